The maximum Gasteiger partial charge on any atom is 0.0334 e. The van der Waals surface area contributed by atoms with Gasteiger partial charge in [-0.05, 0) is 23.3 Å². The molecule has 0 aliphatic rings. The molecule has 55 valence electrons. The van der Waals surface area contributed by atoms with Crippen LogP contribution in [0.3, 0.4) is 0 Å². The molecule has 0 nitrogen and oxygen atoms in total. The van der Waals surface area contributed by atoms with E-state index in [0.29, 0.717) is 0 Å². The van der Waals surface area contributed by atoms with Gasteiger partial charge in [0.15, 0.2) is 0 Å². The summed E-state index contributed by atoms with van der Waals surface area (Å²) in [5.41, 5.74) is 0.855. The number of rotatable bonds is 0. The fourth-order valence-electron chi connectivity index (χ4n) is 1.33. The summed E-state index contributed by atoms with van der Waals surface area (Å²) >= 11 is 0. The minimum atomic E-state index is 0.855. The van der Waals surface area contributed by atoms with Crippen LogP contribution >= 0.6 is 0 Å². The highest BCUT2D eigenvalue weighted by atomic mass is 14.0. The molecular formula is C12H7. The fourth-order valence-corrected chi connectivity index (χ4v) is 1.33. The summed E-state index contributed by atoms with van der Waals surface area (Å²) in [5, 5.41) is 2.25. The van der Waals surface area contributed by atoms with Gasteiger partial charge in [0.1, 0.15) is 0 Å². The Morgan fingerprint density at radius 3 is 2.50 bits per heavy atom. The summed E-state index contributed by atoms with van der Waals surface area (Å²) in [6.07, 6.45) is 7.08. The third kappa shape index (κ3) is 0.963. The molecule has 2 rings (SSSR count). The van der Waals surface area contributed by atoms with Crippen LogP contribution in [0, 0.1) is 12.3 Å². The smallest absolute Gasteiger partial charge is 0.0334 e. The summed E-state index contributed by atoms with van der Waals surface area (Å²) < 4.78 is 0. The largest absolute Gasteiger partial charge is 0.0616 e. The van der Waals surface area contributed by atoms with E-state index in [4.69, 9.17) is 6.42 Å². The highest BCUT2D eigenvalue weighted by Gasteiger charge is 1.94. The van der Waals surface area contributed by atoms with Gasteiger partial charge in [0.05, 0.1) is 0 Å². The minimum Gasteiger partial charge on any atom is -0.0616 e. The van der Waals surface area contributed by atoms with Crippen molar-refractivity contribution in [1.82, 2.24) is 0 Å². The maximum atomic E-state index is 7.08. The number of hydrogen-bond donors (Lipinski definition) is 0. The molecule has 0 bridgehead atoms. The maximum absolute atomic E-state index is 7.08. The number of benzene rings is 2. The van der Waals surface area contributed by atoms with E-state index in [2.05, 4.69) is 5.92 Å². The summed E-state index contributed by atoms with van der Waals surface area (Å²) in [7, 11) is 0. The first-order chi connectivity index (χ1) is 5.92. The van der Waals surface area contributed by atoms with Crippen molar-refractivity contribution in [2.24, 2.45) is 0 Å². The monoisotopic (exact) mass is 151 g/mol. The quantitative estimate of drug-likeness (QED) is 0.508. The van der Waals surface area contributed by atoms with Crippen LogP contribution in [0.15, 0.2) is 42.5 Å². The second kappa shape index (κ2) is 2.71. The van der Waals surface area contributed by atoms with E-state index in [0.717, 1.165) is 16.3 Å². The molecule has 1 radical (unpaired) electrons. The molecule has 0 saturated heterocycles. The van der Waals surface area contributed by atoms with E-state index in [-0.39, 0.29) is 0 Å². The summed E-state index contributed by atoms with van der Waals surface area (Å²) in [5.74, 6) is 2.42. The van der Waals surface area contributed by atoms with Crippen molar-refractivity contribution in [3.63, 3.8) is 0 Å². The van der Waals surface area contributed by atoms with Gasteiger partial charge in [-0.25, -0.2) is 0 Å². The number of hydrogen-bond acceptors (Lipinski definition) is 0. The lowest BCUT2D eigenvalue weighted by molar-refractivity contribution is 1.70. The molecule has 0 unspecified atom stereocenters. The van der Waals surface area contributed by atoms with Crippen molar-refractivity contribution in [1.29, 1.82) is 0 Å². The van der Waals surface area contributed by atoms with E-state index in [9.17, 15) is 0 Å². The molecule has 0 N–H and O–H groups in total. The van der Waals surface area contributed by atoms with Gasteiger partial charge in [0.2, 0.25) is 0 Å². The highest BCUT2D eigenvalue weighted by molar-refractivity contribution is 5.87. The zero-order chi connectivity index (χ0) is 8.39. The predicted octanol–water partition coefficient (Wildman–Crippen LogP) is 2.78. The summed E-state index contributed by atoms with van der Waals surface area (Å²) in [6, 6.07) is 13.9. The Hall–Kier alpha value is -1.74. The lowest BCUT2D eigenvalue weighted by atomic mass is 10.1. The average Bonchev–Trinajstić information content (AvgIpc) is 2.17. The van der Waals surface area contributed by atoms with Gasteiger partial charge in [-0.2, -0.15) is 0 Å². The molecule has 0 heteroatoms. The Balaban J connectivity index is 2.91. The molecule has 12 heavy (non-hydrogen) atoms. The average molecular weight is 151 g/mol. The van der Waals surface area contributed by atoms with Crippen LogP contribution in [-0.4, -0.2) is 0 Å². The summed E-state index contributed by atoms with van der Waals surface area (Å²) in [4.78, 5) is 0. The first kappa shape index (κ1) is 6.94. The normalized spacial score (nSPS) is 9.58. The Kier molecular flexibility index (Phi) is 1.57. The molecule has 0 heterocycles. The van der Waals surface area contributed by atoms with Gasteiger partial charge in [-0.3, -0.25) is 0 Å². The Morgan fingerprint density at radius 1 is 0.917 bits per heavy atom. The molecule has 0 atom stereocenters. The first-order valence-electron chi connectivity index (χ1n) is 3.82. The molecule has 0 saturated carbocycles. The van der Waals surface area contributed by atoms with Crippen LogP contribution < -0.4 is 0 Å². The molecule has 0 fully saturated rings. The number of fused-ring (bicyclic) bond motifs is 1. The van der Waals surface area contributed by atoms with Crippen molar-refractivity contribution < 1.29 is 0 Å². The van der Waals surface area contributed by atoms with Crippen LogP contribution in [-0.2, 0) is 0 Å². The predicted molar refractivity (Wildman–Crippen MR) is 50.2 cm³/mol. The van der Waals surface area contributed by atoms with Gasteiger partial charge in [0, 0.05) is 5.56 Å². The molecule has 0 aliphatic carbocycles. The molecule has 0 spiro atoms. The van der Waals surface area contributed by atoms with Crippen molar-refractivity contribution in [3.05, 3.63) is 54.5 Å². The molecule has 2 aromatic carbocycles. The van der Waals surface area contributed by atoms with Crippen molar-refractivity contribution in [3.8, 4) is 5.92 Å². The first-order valence-corrected chi connectivity index (χ1v) is 3.82. The molecule has 0 aliphatic heterocycles. The SMILES string of the molecule is [C]#Cc1cccc2ccccc12. The molecule has 2 aromatic rings. The zero-order valence-electron chi connectivity index (χ0n) is 6.54. The standard InChI is InChI=1S/C12H7/c1-2-10-7-5-8-11-6-3-4-9-12(10)11/h3-9H. The zero-order valence-corrected chi connectivity index (χ0v) is 6.54. The van der Waals surface area contributed by atoms with Crippen molar-refractivity contribution in [2.75, 3.05) is 0 Å². The van der Waals surface area contributed by atoms with Crippen LogP contribution in [0.5, 0.6) is 0 Å². The van der Waals surface area contributed by atoms with Crippen LogP contribution in [0.25, 0.3) is 10.8 Å². The van der Waals surface area contributed by atoms with Gasteiger partial charge >= 0.3 is 0 Å². The third-order valence-electron chi connectivity index (χ3n) is 1.92. The summed E-state index contributed by atoms with van der Waals surface area (Å²) in [6.45, 7) is 0. The molecule has 0 aromatic heterocycles. The lowest BCUT2D eigenvalue weighted by Crippen LogP contribution is -1.77. The Labute approximate surface area is 71.8 Å². The van der Waals surface area contributed by atoms with Crippen LogP contribution in [0.2, 0.25) is 0 Å². The topological polar surface area (TPSA) is 0 Å². The van der Waals surface area contributed by atoms with E-state index < -0.39 is 0 Å². The van der Waals surface area contributed by atoms with Gasteiger partial charge < -0.3 is 0 Å². The highest BCUT2D eigenvalue weighted by Crippen LogP contribution is 2.16. The van der Waals surface area contributed by atoms with Gasteiger partial charge in [-0.1, -0.05) is 42.3 Å². The van der Waals surface area contributed by atoms with Gasteiger partial charge in [-0.15, -0.1) is 0 Å². The van der Waals surface area contributed by atoms with E-state index in [1.54, 1.807) is 0 Å². The van der Waals surface area contributed by atoms with E-state index in [1.807, 2.05) is 42.5 Å². The fraction of sp³-hybridized carbons (Fsp3) is 0. The van der Waals surface area contributed by atoms with Crippen LogP contribution in [0.1, 0.15) is 5.56 Å². The van der Waals surface area contributed by atoms with Crippen molar-refractivity contribution >= 4 is 10.8 Å². The minimum absolute atomic E-state index is 0.855. The Bertz CT molecular complexity index is 442. The third-order valence-corrected chi connectivity index (χ3v) is 1.92. The second-order valence-corrected chi connectivity index (χ2v) is 2.65. The van der Waals surface area contributed by atoms with Crippen molar-refractivity contribution in [2.45, 2.75) is 0 Å². The van der Waals surface area contributed by atoms with E-state index in [1.165, 1.54) is 0 Å². The molecule has 0 amide bonds. The van der Waals surface area contributed by atoms with Crippen LogP contribution in [0.4, 0.5) is 0 Å². The lowest BCUT2D eigenvalue weighted by Gasteiger charge is -1.98. The Morgan fingerprint density at radius 2 is 1.67 bits per heavy atom. The molecular weight excluding hydrogens is 144 g/mol. The van der Waals surface area contributed by atoms with E-state index >= 15 is 0 Å². The second-order valence-electron chi connectivity index (χ2n) is 2.65. The van der Waals surface area contributed by atoms with Gasteiger partial charge in [0.25, 0.3) is 0 Å².